The summed E-state index contributed by atoms with van der Waals surface area (Å²) >= 11 is 0. The van der Waals surface area contributed by atoms with Gasteiger partial charge < -0.3 is 14.2 Å². The van der Waals surface area contributed by atoms with Crippen molar-refractivity contribution in [1.82, 2.24) is 4.98 Å². The van der Waals surface area contributed by atoms with Crippen LogP contribution in [-0.4, -0.2) is 31.0 Å². The lowest BCUT2D eigenvalue weighted by atomic mass is 10.1. The molecule has 9 heteroatoms. The molecular weight excluding hydrogens is 298 g/mol. The van der Waals surface area contributed by atoms with E-state index in [4.69, 9.17) is 0 Å². The van der Waals surface area contributed by atoms with Crippen molar-refractivity contribution in [2.24, 2.45) is 0 Å². The molecule has 0 saturated heterocycles. The number of alkyl halides is 4. The van der Waals surface area contributed by atoms with Gasteiger partial charge in [-0.25, -0.2) is 4.39 Å². The first-order valence-electron chi connectivity index (χ1n) is 5.84. The molecule has 0 unspecified atom stereocenters. The molecule has 0 aliphatic carbocycles. The number of nitrogens with zero attached hydrogens (tertiary/aromatic N) is 1. The number of carbonyl (C=O) groups excluding carboxylic acids is 1. The summed E-state index contributed by atoms with van der Waals surface area (Å²) in [6.45, 7) is 0.470. The van der Waals surface area contributed by atoms with Crippen LogP contribution in [0.4, 0.5) is 17.6 Å². The Morgan fingerprint density at radius 3 is 2.52 bits per heavy atom. The van der Waals surface area contributed by atoms with Gasteiger partial charge in [0.15, 0.2) is 0 Å². The summed E-state index contributed by atoms with van der Waals surface area (Å²) in [6, 6.07) is 1.10. The predicted octanol–water partition coefficient (Wildman–Crippen LogP) is 2.56. The topological polar surface area (TPSA) is 57.7 Å². The fraction of sp³-hybridized carbons (Fsp3) is 0.500. The molecule has 0 spiro atoms. The number of halogens is 4. The minimum Gasteiger partial charge on any atom is -0.481 e. The Balaban J connectivity index is 3.24. The molecule has 0 atom stereocenters. The van der Waals surface area contributed by atoms with Crippen molar-refractivity contribution in [1.29, 1.82) is 0 Å². The molecule has 0 aromatic carbocycles. The van der Waals surface area contributed by atoms with E-state index in [1.54, 1.807) is 0 Å². The van der Waals surface area contributed by atoms with Crippen LogP contribution < -0.4 is 9.47 Å². The summed E-state index contributed by atoms with van der Waals surface area (Å²) in [6.07, 6.45) is -5.62. The van der Waals surface area contributed by atoms with Crippen molar-refractivity contribution in [2.45, 2.75) is 26.4 Å². The molecule has 0 saturated carbocycles. The largest absolute Gasteiger partial charge is 0.574 e. The molecule has 0 fully saturated rings. The fourth-order valence-electron chi connectivity index (χ4n) is 1.54. The van der Waals surface area contributed by atoms with Crippen molar-refractivity contribution in [2.75, 3.05) is 13.7 Å². The molecule has 0 aliphatic heterocycles. The smallest absolute Gasteiger partial charge is 0.481 e. The summed E-state index contributed by atoms with van der Waals surface area (Å²) < 4.78 is 63.1. The van der Waals surface area contributed by atoms with Crippen LogP contribution in [0.1, 0.15) is 18.1 Å². The molecule has 1 heterocycles. The molecule has 0 N–H and O–H groups in total. The monoisotopic (exact) mass is 311 g/mol. The summed E-state index contributed by atoms with van der Waals surface area (Å²) in [4.78, 5) is 14.9. The number of carbonyl (C=O) groups is 1. The Labute approximate surface area is 117 Å². The van der Waals surface area contributed by atoms with E-state index in [0.29, 0.717) is 0 Å². The Hall–Kier alpha value is -2.06. The maximum atomic E-state index is 13.0. The van der Waals surface area contributed by atoms with Crippen LogP contribution in [0.2, 0.25) is 0 Å². The van der Waals surface area contributed by atoms with Crippen molar-refractivity contribution in [3.8, 4) is 11.8 Å². The zero-order valence-corrected chi connectivity index (χ0v) is 11.3. The van der Waals surface area contributed by atoms with E-state index in [9.17, 15) is 22.4 Å². The van der Waals surface area contributed by atoms with Gasteiger partial charge in [-0.2, -0.15) is 4.98 Å². The van der Waals surface area contributed by atoms with Crippen LogP contribution in [0.15, 0.2) is 6.07 Å². The first kappa shape index (κ1) is 17.0. The molecule has 21 heavy (non-hydrogen) atoms. The minimum atomic E-state index is -5.03. The minimum absolute atomic E-state index is 0.0445. The fourth-order valence-corrected chi connectivity index (χ4v) is 1.54. The molecule has 1 aromatic rings. The molecule has 0 radical (unpaired) electrons. The lowest BCUT2D eigenvalue weighted by Crippen LogP contribution is -2.21. The van der Waals surface area contributed by atoms with Crippen LogP contribution in [0.25, 0.3) is 0 Å². The molecule has 118 valence electrons. The number of esters is 1. The van der Waals surface area contributed by atoms with Gasteiger partial charge in [0.1, 0.15) is 6.67 Å². The zero-order chi connectivity index (χ0) is 16.0. The van der Waals surface area contributed by atoms with Crippen molar-refractivity contribution in [3.05, 3.63) is 17.2 Å². The molecule has 0 bridgehead atoms. The molecule has 1 aromatic heterocycles. The van der Waals surface area contributed by atoms with Gasteiger partial charge >= 0.3 is 12.3 Å². The van der Waals surface area contributed by atoms with Gasteiger partial charge in [0.05, 0.1) is 20.1 Å². The first-order chi connectivity index (χ1) is 9.80. The van der Waals surface area contributed by atoms with Gasteiger partial charge in [-0.15, -0.1) is 13.2 Å². The Morgan fingerprint density at radius 2 is 2.05 bits per heavy atom. The summed E-state index contributed by atoms with van der Waals surface area (Å²) in [5, 5.41) is 0. The SMILES string of the molecule is CCOC(=O)Cc1c(CF)cc(OC)nc1OC(F)(F)F. The van der Waals surface area contributed by atoms with Gasteiger partial charge in [-0.1, -0.05) is 0 Å². The van der Waals surface area contributed by atoms with Gasteiger partial charge in [-0.05, 0) is 12.5 Å². The summed E-state index contributed by atoms with van der Waals surface area (Å²) in [5.74, 6) is -2.00. The standard InChI is InChI=1S/C12H13F4NO4/c1-3-20-10(18)5-8-7(6-13)4-9(19-2)17-11(8)21-12(14,15)16/h4H,3,5-6H2,1-2H3. The summed E-state index contributed by atoms with van der Waals surface area (Å²) in [5.41, 5.74) is -0.511. The second kappa shape index (κ2) is 7.09. The van der Waals surface area contributed by atoms with Crippen LogP contribution in [0.3, 0.4) is 0 Å². The van der Waals surface area contributed by atoms with Crippen LogP contribution in [0.5, 0.6) is 11.8 Å². The third-order valence-corrected chi connectivity index (χ3v) is 2.35. The second-order valence-electron chi connectivity index (χ2n) is 3.77. The predicted molar refractivity (Wildman–Crippen MR) is 62.6 cm³/mol. The lowest BCUT2D eigenvalue weighted by molar-refractivity contribution is -0.276. The number of methoxy groups -OCH3 is 1. The maximum Gasteiger partial charge on any atom is 0.574 e. The number of hydrogen-bond donors (Lipinski definition) is 0. The molecule has 5 nitrogen and oxygen atoms in total. The van der Waals surface area contributed by atoms with E-state index < -0.39 is 31.3 Å². The normalized spacial score (nSPS) is 11.1. The number of rotatable bonds is 6. The molecule has 1 rings (SSSR count). The highest BCUT2D eigenvalue weighted by molar-refractivity contribution is 5.74. The van der Waals surface area contributed by atoms with E-state index in [0.717, 1.165) is 13.2 Å². The van der Waals surface area contributed by atoms with Gasteiger partial charge in [-0.3, -0.25) is 4.79 Å². The van der Waals surface area contributed by atoms with Gasteiger partial charge in [0, 0.05) is 11.6 Å². The van der Waals surface area contributed by atoms with Crippen LogP contribution in [-0.2, 0) is 22.6 Å². The van der Waals surface area contributed by atoms with E-state index in [-0.39, 0.29) is 23.6 Å². The quantitative estimate of drug-likeness (QED) is 0.597. The lowest BCUT2D eigenvalue weighted by Gasteiger charge is -2.15. The molecule has 0 amide bonds. The average Bonchev–Trinajstić information content (AvgIpc) is 2.39. The van der Waals surface area contributed by atoms with Crippen LogP contribution >= 0.6 is 0 Å². The maximum absolute atomic E-state index is 13.0. The second-order valence-corrected chi connectivity index (χ2v) is 3.77. The third kappa shape index (κ3) is 5.09. The zero-order valence-electron chi connectivity index (χ0n) is 11.3. The Bertz CT molecular complexity index is 505. The van der Waals surface area contributed by atoms with Crippen molar-refractivity contribution >= 4 is 5.97 Å². The van der Waals surface area contributed by atoms with E-state index in [1.807, 2.05) is 0 Å². The Kier molecular flexibility index (Phi) is 5.74. The molecular formula is C12H13F4NO4. The van der Waals surface area contributed by atoms with E-state index >= 15 is 0 Å². The van der Waals surface area contributed by atoms with Gasteiger partial charge in [0.25, 0.3) is 0 Å². The average molecular weight is 311 g/mol. The number of aromatic nitrogens is 1. The van der Waals surface area contributed by atoms with Crippen molar-refractivity contribution < 1.29 is 36.6 Å². The number of pyridine rings is 1. The third-order valence-electron chi connectivity index (χ3n) is 2.35. The number of hydrogen-bond acceptors (Lipinski definition) is 5. The Morgan fingerprint density at radius 1 is 1.38 bits per heavy atom. The highest BCUT2D eigenvalue weighted by Gasteiger charge is 2.34. The van der Waals surface area contributed by atoms with Crippen LogP contribution in [0, 0.1) is 0 Å². The summed E-state index contributed by atoms with van der Waals surface area (Å²) in [7, 11) is 1.16. The van der Waals surface area contributed by atoms with Crippen molar-refractivity contribution in [3.63, 3.8) is 0 Å². The van der Waals surface area contributed by atoms with Gasteiger partial charge in [0.2, 0.25) is 11.8 Å². The van der Waals surface area contributed by atoms with E-state index in [1.165, 1.54) is 6.92 Å². The highest BCUT2D eigenvalue weighted by atomic mass is 19.4. The molecule has 0 aliphatic rings. The van der Waals surface area contributed by atoms with E-state index in [2.05, 4.69) is 19.2 Å². The first-order valence-corrected chi connectivity index (χ1v) is 5.84. The number of ether oxygens (including phenoxy) is 3. The highest BCUT2D eigenvalue weighted by Crippen LogP contribution is 2.30.